The van der Waals surface area contributed by atoms with E-state index in [4.69, 9.17) is 9.84 Å². The molecule has 1 aliphatic carbocycles. The lowest BCUT2D eigenvalue weighted by Gasteiger charge is -2.37. The smallest absolute Gasteiger partial charge is 0.341 e. The summed E-state index contributed by atoms with van der Waals surface area (Å²) in [4.78, 5) is 22.9. The first-order valence-corrected chi connectivity index (χ1v) is 7.65. The van der Waals surface area contributed by atoms with Crippen molar-refractivity contribution >= 4 is 11.9 Å². The zero-order valence-corrected chi connectivity index (χ0v) is 13.1. The molecule has 1 saturated carbocycles. The van der Waals surface area contributed by atoms with Crippen LogP contribution in [0.15, 0.2) is 24.3 Å². The highest BCUT2D eigenvalue weighted by Gasteiger charge is 2.31. The molecule has 0 saturated heterocycles. The zero-order valence-electron chi connectivity index (χ0n) is 13.1. The van der Waals surface area contributed by atoms with Gasteiger partial charge in [0.1, 0.15) is 5.75 Å². The third-order valence-corrected chi connectivity index (χ3v) is 4.25. The standard InChI is InChI=1S/C17H23NO4/c1-12-6-8-17(2,9-7-12)18-16(21)13-4-3-5-14(10-13)22-11-15(19)20/h3-5,10,12H,6-9,11H2,1-2H3,(H,18,21)(H,19,20). The van der Waals surface area contributed by atoms with Crippen molar-refractivity contribution in [1.29, 1.82) is 0 Å². The fraction of sp³-hybridized carbons (Fsp3) is 0.529. The maximum absolute atomic E-state index is 12.4. The fourth-order valence-electron chi connectivity index (χ4n) is 2.74. The molecule has 0 unspecified atom stereocenters. The highest BCUT2D eigenvalue weighted by Crippen LogP contribution is 2.31. The molecule has 1 aliphatic rings. The summed E-state index contributed by atoms with van der Waals surface area (Å²) in [6.45, 7) is 3.91. The summed E-state index contributed by atoms with van der Waals surface area (Å²) in [6.07, 6.45) is 4.21. The first-order valence-electron chi connectivity index (χ1n) is 7.65. The number of ether oxygens (including phenoxy) is 1. The highest BCUT2D eigenvalue weighted by molar-refractivity contribution is 5.95. The number of amides is 1. The van der Waals surface area contributed by atoms with Gasteiger partial charge < -0.3 is 15.2 Å². The monoisotopic (exact) mass is 305 g/mol. The van der Waals surface area contributed by atoms with Crippen LogP contribution in [0.25, 0.3) is 0 Å². The van der Waals surface area contributed by atoms with Crippen LogP contribution in [0.3, 0.4) is 0 Å². The van der Waals surface area contributed by atoms with E-state index in [0.717, 1.165) is 31.6 Å². The van der Waals surface area contributed by atoms with E-state index < -0.39 is 12.6 Å². The molecular formula is C17H23NO4. The number of rotatable bonds is 5. The van der Waals surface area contributed by atoms with Crippen molar-refractivity contribution in [2.75, 3.05) is 6.61 Å². The zero-order chi connectivity index (χ0) is 16.2. The molecular weight excluding hydrogens is 282 g/mol. The average Bonchev–Trinajstić information content (AvgIpc) is 2.49. The van der Waals surface area contributed by atoms with E-state index in [1.165, 1.54) is 0 Å². The molecule has 5 nitrogen and oxygen atoms in total. The molecule has 1 aromatic rings. The number of nitrogens with one attached hydrogen (secondary N) is 1. The van der Waals surface area contributed by atoms with Gasteiger partial charge in [-0.1, -0.05) is 13.0 Å². The third kappa shape index (κ3) is 4.48. The molecule has 22 heavy (non-hydrogen) atoms. The lowest BCUT2D eigenvalue weighted by Crippen LogP contribution is -2.48. The topological polar surface area (TPSA) is 75.6 Å². The van der Waals surface area contributed by atoms with Crippen LogP contribution in [0.1, 0.15) is 49.9 Å². The van der Waals surface area contributed by atoms with Gasteiger partial charge >= 0.3 is 5.97 Å². The SMILES string of the molecule is CC1CCC(C)(NC(=O)c2cccc(OCC(=O)O)c2)CC1. The molecule has 0 aromatic heterocycles. The van der Waals surface area contributed by atoms with Gasteiger partial charge in [-0.25, -0.2) is 4.79 Å². The summed E-state index contributed by atoms with van der Waals surface area (Å²) in [5.74, 6) is -0.0771. The molecule has 5 heteroatoms. The van der Waals surface area contributed by atoms with Crippen molar-refractivity contribution in [2.24, 2.45) is 5.92 Å². The molecule has 1 fully saturated rings. The Morgan fingerprint density at radius 1 is 1.36 bits per heavy atom. The van der Waals surface area contributed by atoms with Gasteiger partial charge in [0.25, 0.3) is 5.91 Å². The van der Waals surface area contributed by atoms with Gasteiger partial charge in [-0.3, -0.25) is 4.79 Å². The largest absolute Gasteiger partial charge is 0.482 e. The molecule has 0 bridgehead atoms. The number of hydrogen-bond donors (Lipinski definition) is 2. The minimum Gasteiger partial charge on any atom is -0.482 e. The van der Waals surface area contributed by atoms with Crippen molar-refractivity contribution in [1.82, 2.24) is 5.32 Å². The Bertz CT molecular complexity index is 547. The number of aliphatic carboxylic acids is 1. The van der Waals surface area contributed by atoms with Gasteiger partial charge in [-0.15, -0.1) is 0 Å². The van der Waals surface area contributed by atoms with Gasteiger partial charge in [0.15, 0.2) is 6.61 Å². The normalized spacial score (nSPS) is 24.5. The quantitative estimate of drug-likeness (QED) is 0.877. The number of carboxylic acid groups (broad SMARTS) is 1. The molecule has 120 valence electrons. The van der Waals surface area contributed by atoms with Crippen molar-refractivity contribution in [3.8, 4) is 5.75 Å². The molecule has 1 aromatic carbocycles. The van der Waals surface area contributed by atoms with E-state index in [2.05, 4.69) is 19.2 Å². The summed E-state index contributed by atoms with van der Waals surface area (Å²) < 4.78 is 5.11. The van der Waals surface area contributed by atoms with Gasteiger partial charge in [0.05, 0.1) is 0 Å². The van der Waals surface area contributed by atoms with Gasteiger partial charge in [0.2, 0.25) is 0 Å². The van der Waals surface area contributed by atoms with Crippen LogP contribution < -0.4 is 10.1 Å². The molecule has 1 amide bonds. The van der Waals surface area contributed by atoms with E-state index >= 15 is 0 Å². The fourth-order valence-corrected chi connectivity index (χ4v) is 2.74. The Labute approximate surface area is 130 Å². The van der Waals surface area contributed by atoms with E-state index in [-0.39, 0.29) is 11.4 Å². The van der Waals surface area contributed by atoms with Crippen LogP contribution in [-0.4, -0.2) is 29.1 Å². The van der Waals surface area contributed by atoms with Crippen molar-refractivity contribution < 1.29 is 19.4 Å². The molecule has 0 atom stereocenters. The minimum absolute atomic E-state index is 0.141. The number of carbonyl (C=O) groups is 2. The number of carbonyl (C=O) groups excluding carboxylic acids is 1. The van der Waals surface area contributed by atoms with E-state index in [0.29, 0.717) is 11.3 Å². The lowest BCUT2D eigenvalue weighted by molar-refractivity contribution is -0.139. The van der Waals surface area contributed by atoms with Crippen LogP contribution >= 0.6 is 0 Å². The number of benzene rings is 1. The molecule has 2 N–H and O–H groups in total. The molecule has 0 spiro atoms. The average molecular weight is 305 g/mol. The summed E-state index contributed by atoms with van der Waals surface area (Å²) >= 11 is 0. The molecule has 0 aliphatic heterocycles. The van der Waals surface area contributed by atoms with Crippen LogP contribution in [0.5, 0.6) is 5.75 Å². The summed E-state index contributed by atoms with van der Waals surface area (Å²) in [6, 6.07) is 6.62. The second-order valence-corrected chi connectivity index (χ2v) is 6.41. The first-order chi connectivity index (χ1) is 10.4. The summed E-state index contributed by atoms with van der Waals surface area (Å²) in [5.41, 5.74) is 0.323. The van der Waals surface area contributed by atoms with E-state index in [9.17, 15) is 9.59 Å². The molecule has 2 rings (SSSR count). The number of carboxylic acids is 1. The molecule has 0 heterocycles. The van der Waals surface area contributed by atoms with Gasteiger partial charge in [-0.2, -0.15) is 0 Å². The van der Waals surface area contributed by atoms with Crippen molar-refractivity contribution in [2.45, 2.75) is 45.1 Å². The Morgan fingerprint density at radius 2 is 2.05 bits per heavy atom. The lowest BCUT2D eigenvalue weighted by atomic mass is 9.78. The summed E-state index contributed by atoms with van der Waals surface area (Å²) in [5, 5.41) is 11.7. The second-order valence-electron chi connectivity index (χ2n) is 6.41. The van der Waals surface area contributed by atoms with Gasteiger partial charge in [0, 0.05) is 11.1 Å². The Hall–Kier alpha value is -2.04. The Kier molecular flexibility index (Phi) is 5.06. The van der Waals surface area contributed by atoms with Crippen LogP contribution in [-0.2, 0) is 4.79 Å². The Balaban J connectivity index is 2.00. The van der Waals surface area contributed by atoms with Crippen molar-refractivity contribution in [3.63, 3.8) is 0 Å². The van der Waals surface area contributed by atoms with E-state index in [1.807, 2.05) is 0 Å². The van der Waals surface area contributed by atoms with E-state index in [1.54, 1.807) is 24.3 Å². The van der Waals surface area contributed by atoms with Crippen LogP contribution in [0.2, 0.25) is 0 Å². The van der Waals surface area contributed by atoms with Crippen LogP contribution in [0.4, 0.5) is 0 Å². The van der Waals surface area contributed by atoms with Gasteiger partial charge in [-0.05, 0) is 56.7 Å². The highest BCUT2D eigenvalue weighted by atomic mass is 16.5. The molecule has 0 radical (unpaired) electrons. The number of hydrogen-bond acceptors (Lipinski definition) is 3. The predicted molar refractivity (Wildman–Crippen MR) is 83.1 cm³/mol. The third-order valence-electron chi connectivity index (χ3n) is 4.25. The summed E-state index contributed by atoms with van der Waals surface area (Å²) in [7, 11) is 0. The Morgan fingerprint density at radius 3 is 2.68 bits per heavy atom. The van der Waals surface area contributed by atoms with Crippen LogP contribution in [0, 0.1) is 5.92 Å². The second kappa shape index (κ2) is 6.81. The van der Waals surface area contributed by atoms with Crippen molar-refractivity contribution in [3.05, 3.63) is 29.8 Å². The maximum Gasteiger partial charge on any atom is 0.341 e. The first kappa shape index (κ1) is 16.3. The minimum atomic E-state index is -1.04. The maximum atomic E-state index is 12.4. The predicted octanol–water partition coefficient (Wildman–Crippen LogP) is 2.85.